The van der Waals surface area contributed by atoms with E-state index in [1.54, 1.807) is 13.1 Å². The number of nitrogens with zero attached hydrogens (tertiary/aromatic N) is 4. The summed E-state index contributed by atoms with van der Waals surface area (Å²) in [5, 5.41) is 17.0. The highest BCUT2D eigenvalue weighted by Gasteiger charge is 2.33. The lowest BCUT2D eigenvalue weighted by molar-refractivity contribution is -0.384. The minimum Gasteiger partial charge on any atom is -0.296 e. The maximum atomic E-state index is 12.6. The maximum absolute atomic E-state index is 12.6. The number of hydrogen-bond acceptors (Lipinski definition) is 5. The molecule has 0 N–H and O–H groups in total. The summed E-state index contributed by atoms with van der Waals surface area (Å²) in [7, 11) is 0. The van der Waals surface area contributed by atoms with E-state index in [-0.39, 0.29) is 11.6 Å². The number of aliphatic imine (C=N–C) groups is 1. The summed E-state index contributed by atoms with van der Waals surface area (Å²) in [5.41, 5.74) is 2.20. The monoisotopic (exact) mass is 384 g/mol. The standard InChI is InChI=1S/C19H17ClN4O3/c1-13-18(12-21-11-10-14-2-4-15(20)5-3-14)19(25)23(22-13)16-6-8-17(9-7-16)24(26)27/h2-9,12,18H,10-11H2,1H3/t18-/m1/s1. The fourth-order valence-corrected chi connectivity index (χ4v) is 2.80. The Kier molecular flexibility index (Phi) is 5.61. The van der Waals surface area contributed by atoms with Crippen molar-refractivity contribution in [3.05, 3.63) is 69.2 Å². The Bertz CT molecular complexity index is 908. The average molecular weight is 385 g/mol. The minimum atomic E-state index is -0.523. The summed E-state index contributed by atoms with van der Waals surface area (Å²) in [6.45, 7) is 2.31. The van der Waals surface area contributed by atoms with Crippen molar-refractivity contribution < 1.29 is 9.72 Å². The SMILES string of the molecule is CC1=NN(c2ccc([N+](=O)[O-])cc2)C(=O)[C@@H]1C=NCCc1ccc(Cl)cc1. The third-order valence-corrected chi connectivity index (χ3v) is 4.44. The number of nitro groups is 1. The molecule has 2 aromatic carbocycles. The molecule has 0 saturated carbocycles. The van der Waals surface area contributed by atoms with Crippen LogP contribution < -0.4 is 5.01 Å². The number of benzene rings is 2. The number of carbonyl (C=O) groups excluding carboxylic acids is 1. The Hall–Kier alpha value is -3.06. The first-order valence-corrected chi connectivity index (χ1v) is 8.71. The molecule has 0 saturated heterocycles. The molecule has 0 aliphatic carbocycles. The summed E-state index contributed by atoms with van der Waals surface area (Å²) in [6, 6.07) is 13.3. The molecule has 1 aliphatic heterocycles. The highest BCUT2D eigenvalue weighted by Crippen LogP contribution is 2.25. The number of nitro benzene ring substituents is 1. The van der Waals surface area contributed by atoms with E-state index in [1.165, 1.54) is 29.3 Å². The van der Waals surface area contributed by atoms with Crippen molar-refractivity contribution in [1.82, 2.24) is 0 Å². The van der Waals surface area contributed by atoms with E-state index < -0.39 is 10.8 Å². The lowest BCUT2D eigenvalue weighted by Gasteiger charge is -2.12. The molecule has 0 aromatic heterocycles. The van der Waals surface area contributed by atoms with Gasteiger partial charge in [0.1, 0.15) is 5.92 Å². The molecule has 0 bridgehead atoms. The predicted octanol–water partition coefficient (Wildman–Crippen LogP) is 3.90. The lowest BCUT2D eigenvalue weighted by Crippen LogP contribution is -2.28. The zero-order valence-corrected chi connectivity index (χ0v) is 15.3. The summed E-state index contributed by atoms with van der Waals surface area (Å²) >= 11 is 5.86. The second-order valence-electron chi connectivity index (χ2n) is 6.07. The summed E-state index contributed by atoms with van der Waals surface area (Å²) in [5.74, 6) is -0.748. The molecule has 1 heterocycles. The van der Waals surface area contributed by atoms with Crippen LogP contribution in [0, 0.1) is 16.0 Å². The van der Waals surface area contributed by atoms with E-state index in [1.807, 2.05) is 24.3 Å². The van der Waals surface area contributed by atoms with Crippen LogP contribution in [-0.4, -0.2) is 29.3 Å². The molecule has 1 amide bonds. The molecule has 0 radical (unpaired) electrons. The van der Waals surface area contributed by atoms with Gasteiger partial charge in [-0.15, -0.1) is 0 Å². The number of hydrazone groups is 1. The topological polar surface area (TPSA) is 88.2 Å². The summed E-state index contributed by atoms with van der Waals surface area (Å²) in [4.78, 5) is 27.2. The van der Waals surface area contributed by atoms with E-state index in [4.69, 9.17) is 11.6 Å². The van der Waals surface area contributed by atoms with Gasteiger partial charge in [-0.1, -0.05) is 23.7 Å². The van der Waals surface area contributed by atoms with E-state index >= 15 is 0 Å². The van der Waals surface area contributed by atoms with Crippen molar-refractivity contribution in [3.8, 4) is 0 Å². The molecule has 27 heavy (non-hydrogen) atoms. The Labute approximate surface area is 161 Å². The summed E-state index contributed by atoms with van der Waals surface area (Å²) in [6.07, 6.45) is 2.36. The first kappa shape index (κ1) is 18.7. The van der Waals surface area contributed by atoms with Crippen molar-refractivity contribution in [1.29, 1.82) is 0 Å². The third-order valence-electron chi connectivity index (χ3n) is 4.19. The normalized spacial score (nSPS) is 16.8. The number of hydrogen-bond donors (Lipinski definition) is 0. The van der Waals surface area contributed by atoms with Crippen LogP contribution in [0.15, 0.2) is 58.6 Å². The van der Waals surface area contributed by atoms with Crippen LogP contribution in [0.5, 0.6) is 0 Å². The largest absolute Gasteiger partial charge is 0.296 e. The van der Waals surface area contributed by atoms with Gasteiger partial charge in [0.15, 0.2) is 0 Å². The fraction of sp³-hybridized carbons (Fsp3) is 0.211. The van der Waals surface area contributed by atoms with Crippen molar-refractivity contribution >= 4 is 40.8 Å². The van der Waals surface area contributed by atoms with Gasteiger partial charge in [-0.3, -0.25) is 19.9 Å². The molecule has 0 spiro atoms. The number of anilines is 1. The Morgan fingerprint density at radius 3 is 2.52 bits per heavy atom. The molecule has 2 aromatic rings. The molecule has 8 heteroatoms. The number of carbonyl (C=O) groups is 1. The van der Waals surface area contributed by atoms with Gasteiger partial charge in [0.2, 0.25) is 0 Å². The summed E-state index contributed by atoms with van der Waals surface area (Å²) < 4.78 is 0. The molecule has 7 nitrogen and oxygen atoms in total. The number of non-ortho nitro benzene ring substituents is 1. The lowest BCUT2D eigenvalue weighted by atomic mass is 10.1. The molecule has 1 aliphatic rings. The van der Waals surface area contributed by atoms with Gasteiger partial charge in [-0.25, -0.2) is 0 Å². The third kappa shape index (κ3) is 4.38. The van der Waals surface area contributed by atoms with Crippen molar-refractivity contribution in [3.63, 3.8) is 0 Å². The van der Waals surface area contributed by atoms with Crippen LogP contribution in [-0.2, 0) is 11.2 Å². The van der Waals surface area contributed by atoms with Crippen molar-refractivity contribution in [2.24, 2.45) is 16.0 Å². The number of halogens is 1. The fourth-order valence-electron chi connectivity index (χ4n) is 2.68. The van der Waals surface area contributed by atoms with Gasteiger partial charge in [-0.05, 0) is 43.2 Å². The van der Waals surface area contributed by atoms with Crippen LogP contribution >= 0.6 is 11.6 Å². The highest BCUT2D eigenvalue weighted by atomic mass is 35.5. The van der Waals surface area contributed by atoms with E-state index in [0.717, 1.165) is 12.0 Å². The Morgan fingerprint density at radius 2 is 1.89 bits per heavy atom. The van der Waals surface area contributed by atoms with Crippen molar-refractivity contribution in [2.75, 3.05) is 11.6 Å². The minimum absolute atomic E-state index is 0.0357. The zero-order valence-electron chi connectivity index (χ0n) is 14.6. The quantitative estimate of drug-likeness (QED) is 0.429. The Morgan fingerprint density at radius 1 is 1.22 bits per heavy atom. The smallest absolute Gasteiger partial charge is 0.269 e. The maximum Gasteiger partial charge on any atom is 0.269 e. The number of amides is 1. The van der Waals surface area contributed by atoms with Crippen LogP contribution in [0.1, 0.15) is 12.5 Å². The predicted molar refractivity (Wildman–Crippen MR) is 106 cm³/mol. The molecule has 3 rings (SSSR count). The van der Waals surface area contributed by atoms with E-state index in [9.17, 15) is 14.9 Å². The molecule has 138 valence electrons. The van der Waals surface area contributed by atoms with Crippen LogP contribution in [0.2, 0.25) is 5.02 Å². The molecule has 1 atom stereocenters. The molecule has 0 fully saturated rings. The zero-order chi connectivity index (χ0) is 19.4. The van der Waals surface area contributed by atoms with Gasteiger partial charge in [-0.2, -0.15) is 10.1 Å². The average Bonchev–Trinajstić information content (AvgIpc) is 2.94. The van der Waals surface area contributed by atoms with Crippen LogP contribution in [0.3, 0.4) is 0 Å². The van der Waals surface area contributed by atoms with Gasteiger partial charge >= 0.3 is 0 Å². The first-order chi connectivity index (χ1) is 13.0. The van der Waals surface area contributed by atoms with Gasteiger partial charge < -0.3 is 0 Å². The first-order valence-electron chi connectivity index (χ1n) is 8.33. The molecular weight excluding hydrogens is 368 g/mol. The van der Waals surface area contributed by atoms with Gasteiger partial charge in [0, 0.05) is 29.9 Å². The molecular formula is C19H17ClN4O3. The van der Waals surface area contributed by atoms with Crippen LogP contribution in [0.4, 0.5) is 11.4 Å². The Balaban J connectivity index is 1.62. The van der Waals surface area contributed by atoms with Crippen molar-refractivity contribution in [2.45, 2.75) is 13.3 Å². The van der Waals surface area contributed by atoms with E-state index in [0.29, 0.717) is 23.0 Å². The van der Waals surface area contributed by atoms with Gasteiger partial charge in [0.25, 0.3) is 11.6 Å². The highest BCUT2D eigenvalue weighted by molar-refractivity contribution is 6.30. The van der Waals surface area contributed by atoms with E-state index in [2.05, 4.69) is 10.1 Å². The second-order valence-corrected chi connectivity index (χ2v) is 6.51. The molecule has 0 unspecified atom stereocenters. The van der Waals surface area contributed by atoms with Crippen LogP contribution in [0.25, 0.3) is 0 Å². The number of rotatable bonds is 6. The van der Waals surface area contributed by atoms with Gasteiger partial charge in [0.05, 0.1) is 16.3 Å². The second kappa shape index (κ2) is 8.09.